The highest BCUT2D eigenvalue weighted by Crippen LogP contribution is 2.31. The molecule has 1 heterocycles. The van der Waals surface area contributed by atoms with E-state index in [1.807, 2.05) is 0 Å². The van der Waals surface area contributed by atoms with Gasteiger partial charge in [0.15, 0.2) is 11.5 Å². The van der Waals surface area contributed by atoms with Crippen LogP contribution in [0.3, 0.4) is 0 Å². The molecule has 0 aliphatic heterocycles. The van der Waals surface area contributed by atoms with Gasteiger partial charge < -0.3 is 13.3 Å². The molecule has 7 nitrogen and oxygen atoms in total. The number of ketones is 1. The number of ether oxygens (including phenoxy) is 1. The average molecular weight is 312 g/mol. The number of hydrogen-bond acceptors (Lipinski definition) is 7. The summed E-state index contributed by atoms with van der Waals surface area (Å²) in [6.45, 7) is 1.35. The van der Waals surface area contributed by atoms with E-state index in [1.54, 1.807) is 0 Å². The number of hydrogen-bond donors (Lipinski definition) is 0. The maximum absolute atomic E-state index is 11.8. The van der Waals surface area contributed by atoms with Gasteiger partial charge in [0, 0.05) is 11.5 Å². The number of Topliss-reactive ketones (excluding diaryl/α,β-unsaturated/α-hetero) is 1. The van der Waals surface area contributed by atoms with Gasteiger partial charge in [0.2, 0.25) is 0 Å². The fourth-order valence-electron chi connectivity index (χ4n) is 1.83. The van der Waals surface area contributed by atoms with E-state index in [9.17, 15) is 18.0 Å². The van der Waals surface area contributed by atoms with Gasteiger partial charge in [-0.05, 0) is 13.0 Å². The summed E-state index contributed by atoms with van der Waals surface area (Å²) in [5.74, 6) is -1.26. The quantitative estimate of drug-likeness (QED) is 0.481. The van der Waals surface area contributed by atoms with E-state index < -0.39 is 16.1 Å². The van der Waals surface area contributed by atoms with Crippen molar-refractivity contribution >= 4 is 32.8 Å². The lowest BCUT2D eigenvalue weighted by Gasteiger charge is -2.08. The Balaban J connectivity index is 2.73. The number of esters is 1. The zero-order chi connectivity index (χ0) is 15.8. The lowest BCUT2D eigenvalue weighted by atomic mass is 10.1. The zero-order valence-corrected chi connectivity index (χ0v) is 12.3. The molecular weight excluding hydrogens is 300 g/mol. The Kier molecular flexibility index (Phi) is 3.73. The van der Waals surface area contributed by atoms with Crippen molar-refractivity contribution in [2.24, 2.45) is 0 Å². The number of carbonyl (C=O) groups is 2. The highest BCUT2D eigenvalue weighted by Gasteiger charge is 2.21. The van der Waals surface area contributed by atoms with E-state index in [0.29, 0.717) is 5.39 Å². The predicted molar refractivity (Wildman–Crippen MR) is 73.0 cm³/mol. The molecule has 2 rings (SSSR count). The molecule has 112 valence electrons. The molecule has 0 spiro atoms. The third kappa shape index (κ3) is 3.05. The largest absolute Gasteiger partial charge is 0.465 e. The third-order valence-corrected chi connectivity index (χ3v) is 3.18. The molecular formula is C13H12O7S. The summed E-state index contributed by atoms with van der Waals surface area (Å²) in [6.07, 6.45) is 2.08. The Hall–Kier alpha value is -2.35. The number of methoxy groups -OCH3 is 1. The van der Waals surface area contributed by atoms with E-state index in [2.05, 4.69) is 4.74 Å². The van der Waals surface area contributed by atoms with Crippen molar-refractivity contribution in [1.82, 2.24) is 0 Å². The fourth-order valence-corrected chi connectivity index (χ4v) is 2.29. The van der Waals surface area contributed by atoms with Crippen LogP contribution in [0, 0.1) is 0 Å². The molecule has 0 aliphatic rings. The minimum absolute atomic E-state index is 0.112. The molecule has 0 fully saturated rings. The number of carbonyl (C=O) groups excluding carboxylic acids is 2. The lowest BCUT2D eigenvalue weighted by molar-refractivity contribution is 0.0599. The Morgan fingerprint density at radius 2 is 1.86 bits per heavy atom. The number of fused-ring (bicyclic) bond motifs is 1. The molecule has 1 aromatic heterocycles. The highest BCUT2D eigenvalue weighted by atomic mass is 32.2. The number of benzene rings is 1. The molecule has 0 unspecified atom stereocenters. The Morgan fingerprint density at radius 3 is 2.38 bits per heavy atom. The highest BCUT2D eigenvalue weighted by molar-refractivity contribution is 7.86. The van der Waals surface area contributed by atoms with Gasteiger partial charge in [-0.15, -0.1) is 0 Å². The summed E-state index contributed by atoms with van der Waals surface area (Å²) in [6, 6.07) is 2.54. The number of rotatable bonds is 4. The first-order chi connectivity index (χ1) is 9.73. The average Bonchev–Trinajstić information content (AvgIpc) is 2.77. The predicted octanol–water partition coefficient (Wildman–Crippen LogP) is 1.76. The van der Waals surface area contributed by atoms with Crippen LogP contribution in [0.1, 0.15) is 27.6 Å². The molecule has 0 radical (unpaired) electrons. The SMILES string of the molecule is COC(=O)c1cc2c(C(C)=O)coc2cc1OS(C)(=O)=O. The Morgan fingerprint density at radius 1 is 1.19 bits per heavy atom. The standard InChI is InChI=1S/C13H12O7S/c1-7(14)10-6-19-11-5-12(20-21(3,16)17)9(4-8(10)11)13(15)18-2/h4-6H,1-3H3. The molecule has 1 aromatic carbocycles. The van der Waals surface area contributed by atoms with Crippen LogP contribution in [0.4, 0.5) is 0 Å². The first-order valence-electron chi connectivity index (χ1n) is 5.77. The molecule has 2 aromatic rings. The molecule has 8 heteroatoms. The summed E-state index contributed by atoms with van der Waals surface area (Å²) in [7, 11) is -2.69. The molecule has 0 amide bonds. The van der Waals surface area contributed by atoms with Crippen LogP contribution in [-0.4, -0.2) is 33.5 Å². The zero-order valence-electron chi connectivity index (χ0n) is 11.5. The third-order valence-electron chi connectivity index (χ3n) is 2.70. The van der Waals surface area contributed by atoms with Crippen LogP contribution >= 0.6 is 0 Å². The van der Waals surface area contributed by atoms with E-state index in [-0.39, 0.29) is 28.2 Å². The second-order valence-corrected chi connectivity index (χ2v) is 5.90. The summed E-state index contributed by atoms with van der Waals surface area (Å²) in [5, 5.41) is 0.378. The van der Waals surface area contributed by atoms with Crippen molar-refractivity contribution in [1.29, 1.82) is 0 Å². The second-order valence-electron chi connectivity index (χ2n) is 4.33. The van der Waals surface area contributed by atoms with E-state index in [4.69, 9.17) is 8.60 Å². The van der Waals surface area contributed by atoms with Crippen LogP contribution in [0.5, 0.6) is 5.75 Å². The molecule has 0 aliphatic carbocycles. The van der Waals surface area contributed by atoms with Gasteiger partial charge in [-0.2, -0.15) is 8.42 Å². The van der Waals surface area contributed by atoms with Crippen LogP contribution in [0.25, 0.3) is 11.0 Å². The van der Waals surface area contributed by atoms with Gasteiger partial charge in [0.1, 0.15) is 17.4 Å². The van der Waals surface area contributed by atoms with Crippen molar-refractivity contribution in [3.05, 3.63) is 29.5 Å². The lowest BCUT2D eigenvalue weighted by Crippen LogP contribution is -2.11. The summed E-state index contributed by atoms with van der Waals surface area (Å²) in [4.78, 5) is 23.2. The minimum Gasteiger partial charge on any atom is -0.465 e. The van der Waals surface area contributed by atoms with Gasteiger partial charge in [0.05, 0.1) is 18.9 Å². The molecule has 21 heavy (non-hydrogen) atoms. The Labute approximate surface area is 120 Å². The van der Waals surface area contributed by atoms with Crippen LogP contribution < -0.4 is 4.18 Å². The van der Waals surface area contributed by atoms with Crippen molar-refractivity contribution < 1.29 is 31.3 Å². The van der Waals surface area contributed by atoms with Crippen molar-refractivity contribution in [3.8, 4) is 5.75 Å². The monoisotopic (exact) mass is 312 g/mol. The smallest absolute Gasteiger partial charge is 0.341 e. The number of furan rings is 1. The van der Waals surface area contributed by atoms with Crippen molar-refractivity contribution in [3.63, 3.8) is 0 Å². The van der Waals surface area contributed by atoms with Gasteiger partial charge in [-0.25, -0.2) is 4.79 Å². The van der Waals surface area contributed by atoms with Crippen LogP contribution in [0.15, 0.2) is 22.8 Å². The molecule has 0 N–H and O–H groups in total. The van der Waals surface area contributed by atoms with E-state index in [0.717, 1.165) is 13.4 Å². The molecule has 0 atom stereocenters. The topological polar surface area (TPSA) is 99.9 Å². The molecule has 0 saturated carbocycles. The van der Waals surface area contributed by atoms with Gasteiger partial charge in [0.25, 0.3) is 0 Å². The first-order valence-corrected chi connectivity index (χ1v) is 7.58. The normalized spacial score (nSPS) is 11.4. The summed E-state index contributed by atoms with van der Waals surface area (Å²) in [5.41, 5.74) is 0.395. The summed E-state index contributed by atoms with van der Waals surface area (Å²) >= 11 is 0. The Bertz CT molecular complexity index is 830. The van der Waals surface area contributed by atoms with E-state index >= 15 is 0 Å². The fraction of sp³-hybridized carbons (Fsp3) is 0.231. The maximum atomic E-state index is 11.8. The van der Waals surface area contributed by atoms with Crippen molar-refractivity contribution in [2.75, 3.05) is 13.4 Å². The van der Waals surface area contributed by atoms with Gasteiger partial charge in [-0.1, -0.05) is 0 Å². The van der Waals surface area contributed by atoms with Crippen LogP contribution in [-0.2, 0) is 14.9 Å². The summed E-state index contributed by atoms with van der Waals surface area (Å²) < 4.78 is 37.0. The van der Waals surface area contributed by atoms with Crippen LogP contribution in [0.2, 0.25) is 0 Å². The van der Waals surface area contributed by atoms with E-state index in [1.165, 1.54) is 25.3 Å². The maximum Gasteiger partial charge on any atom is 0.341 e. The van der Waals surface area contributed by atoms with Crippen molar-refractivity contribution in [2.45, 2.75) is 6.92 Å². The molecule has 0 bridgehead atoms. The molecule has 0 saturated heterocycles. The van der Waals surface area contributed by atoms with Gasteiger partial charge >= 0.3 is 16.1 Å². The first kappa shape index (κ1) is 15.0. The minimum atomic E-state index is -3.84. The second kappa shape index (κ2) is 5.21. The van der Waals surface area contributed by atoms with Gasteiger partial charge in [-0.3, -0.25) is 4.79 Å².